The van der Waals surface area contributed by atoms with E-state index in [4.69, 9.17) is 10.5 Å². The third-order valence-electron chi connectivity index (χ3n) is 3.19. The lowest BCUT2D eigenvalue weighted by atomic mass is 9.99. The molecule has 1 aromatic rings. The van der Waals surface area contributed by atoms with Gasteiger partial charge in [0.25, 0.3) is 0 Å². The topological polar surface area (TPSA) is 64.4 Å². The number of benzene rings is 1. The quantitative estimate of drug-likeness (QED) is 0.846. The summed E-state index contributed by atoms with van der Waals surface area (Å²) in [5.74, 6) is 0.154. The molecule has 1 aliphatic heterocycles. The van der Waals surface area contributed by atoms with Crippen molar-refractivity contribution in [3.63, 3.8) is 0 Å². The Balaban J connectivity index is 1.89. The Bertz CT molecular complexity index is 488. The summed E-state index contributed by atoms with van der Waals surface area (Å²) in [6.45, 7) is 4.43. The summed E-state index contributed by atoms with van der Waals surface area (Å²) < 4.78 is 18.8. The van der Waals surface area contributed by atoms with Gasteiger partial charge in [-0.2, -0.15) is 0 Å². The molecule has 19 heavy (non-hydrogen) atoms. The molecule has 3 N–H and O–H groups in total. The van der Waals surface area contributed by atoms with E-state index in [0.717, 1.165) is 11.3 Å². The number of nitrogens with one attached hydrogen (secondary N) is 1. The van der Waals surface area contributed by atoms with Crippen molar-refractivity contribution in [1.82, 2.24) is 5.32 Å². The maximum atomic E-state index is 13.1. The van der Waals surface area contributed by atoms with Gasteiger partial charge in [0.2, 0.25) is 5.91 Å². The monoisotopic (exact) mass is 266 g/mol. The molecule has 1 atom stereocenters. The number of rotatable bonds is 5. The molecule has 0 radical (unpaired) electrons. The Hall–Kier alpha value is -1.62. The van der Waals surface area contributed by atoms with Gasteiger partial charge >= 0.3 is 0 Å². The molecule has 0 saturated carbocycles. The van der Waals surface area contributed by atoms with Crippen LogP contribution in [0.15, 0.2) is 18.2 Å². The highest BCUT2D eigenvalue weighted by molar-refractivity contribution is 5.75. The van der Waals surface area contributed by atoms with Gasteiger partial charge in [-0.15, -0.1) is 0 Å². The Morgan fingerprint density at radius 3 is 3.00 bits per heavy atom. The number of carbonyl (C=O) groups excluding carboxylic acids is 1. The van der Waals surface area contributed by atoms with E-state index in [1.807, 2.05) is 13.8 Å². The van der Waals surface area contributed by atoms with Crippen molar-refractivity contribution in [3.05, 3.63) is 29.6 Å². The van der Waals surface area contributed by atoms with Crippen LogP contribution in [0.4, 0.5) is 4.39 Å². The van der Waals surface area contributed by atoms with Crippen molar-refractivity contribution < 1.29 is 13.9 Å². The van der Waals surface area contributed by atoms with Crippen molar-refractivity contribution in [2.24, 2.45) is 5.73 Å². The van der Waals surface area contributed by atoms with Gasteiger partial charge in [-0.25, -0.2) is 4.39 Å². The predicted molar refractivity (Wildman–Crippen MR) is 70.4 cm³/mol. The normalized spacial score (nSPS) is 17.9. The van der Waals surface area contributed by atoms with Crippen LogP contribution in [0.25, 0.3) is 0 Å². The zero-order chi connectivity index (χ0) is 14.0. The van der Waals surface area contributed by atoms with Crippen LogP contribution in [0.2, 0.25) is 0 Å². The summed E-state index contributed by atoms with van der Waals surface area (Å²) in [6, 6.07) is 4.55. The van der Waals surface area contributed by atoms with Gasteiger partial charge in [0.1, 0.15) is 17.7 Å². The SMILES string of the molecule is CC(C)(CC(N)=O)NCC1Cc2cc(F)ccc2O1. The Kier molecular flexibility index (Phi) is 3.75. The molecule has 0 bridgehead atoms. The molecule has 1 unspecified atom stereocenters. The number of carbonyl (C=O) groups is 1. The number of hydrogen-bond acceptors (Lipinski definition) is 3. The lowest BCUT2D eigenvalue weighted by molar-refractivity contribution is -0.119. The van der Waals surface area contributed by atoms with Gasteiger partial charge in [0.15, 0.2) is 0 Å². The van der Waals surface area contributed by atoms with Crippen molar-refractivity contribution in [2.75, 3.05) is 6.54 Å². The smallest absolute Gasteiger partial charge is 0.219 e. The van der Waals surface area contributed by atoms with Crippen LogP contribution in [-0.2, 0) is 11.2 Å². The molecule has 1 heterocycles. The van der Waals surface area contributed by atoms with E-state index >= 15 is 0 Å². The van der Waals surface area contributed by atoms with E-state index < -0.39 is 0 Å². The first-order chi connectivity index (χ1) is 8.85. The number of ether oxygens (including phenoxy) is 1. The molecule has 2 rings (SSSR count). The first-order valence-corrected chi connectivity index (χ1v) is 6.34. The lowest BCUT2D eigenvalue weighted by Crippen LogP contribution is -2.46. The molecule has 4 nitrogen and oxygen atoms in total. The highest BCUT2D eigenvalue weighted by atomic mass is 19.1. The number of fused-ring (bicyclic) bond motifs is 1. The fraction of sp³-hybridized carbons (Fsp3) is 0.500. The van der Waals surface area contributed by atoms with E-state index in [-0.39, 0.29) is 29.8 Å². The summed E-state index contributed by atoms with van der Waals surface area (Å²) in [6.07, 6.45) is 0.901. The summed E-state index contributed by atoms with van der Waals surface area (Å²) in [5.41, 5.74) is 5.72. The molecule has 0 aromatic heterocycles. The summed E-state index contributed by atoms with van der Waals surface area (Å²) >= 11 is 0. The summed E-state index contributed by atoms with van der Waals surface area (Å²) in [5, 5.41) is 3.26. The van der Waals surface area contributed by atoms with Crippen molar-refractivity contribution in [2.45, 2.75) is 38.3 Å². The van der Waals surface area contributed by atoms with E-state index in [0.29, 0.717) is 13.0 Å². The summed E-state index contributed by atoms with van der Waals surface area (Å²) in [4.78, 5) is 10.9. The maximum Gasteiger partial charge on any atom is 0.219 e. The largest absolute Gasteiger partial charge is 0.488 e. The van der Waals surface area contributed by atoms with Crippen LogP contribution < -0.4 is 15.8 Å². The average Bonchev–Trinajstić information content (AvgIpc) is 2.66. The molecular formula is C14H19FN2O2. The van der Waals surface area contributed by atoms with Crippen molar-refractivity contribution >= 4 is 5.91 Å². The Morgan fingerprint density at radius 1 is 1.58 bits per heavy atom. The zero-order valence-electron chi connectivity index (χ0n) is 11.2. The molecule has 104 valence electrons. The van der Waals surface area contributed by atoms with Crippen LogP contribution in [-0.4, -0.2) is 24.1 Å². The third kappa shape index (κ3) is 3.67. The zero-order valence-corrected chi connectivity index (χ0v) is 11.2. The standard InChI is InChI=1S/C14H19FN2O2/c1-14(2,7-13(16)18)17-8-11-6-9-5-10(15)3-4-12(9)19-11/h3-5,11,17H,6-8H2,1-2H3,(H2,16,18). The first kappa shape index (κ1) is 13.8. The van der Waals surface area contributed by atoms with Crippen LogP contribution in [0.3, 0.4) is 0 Å². The molecule has 1 aromatic carbocycles. The van der Waals surface area contributed by atoms with Gasteiger partial charge in [0, 0.05) is 30.5 Å². The Labute approximate surface area is 112 Å². The van der Waals surface area contributed by atoms with E-state index in [1.54, 1.807) is 6.07 Å². The molecular weight excluding hydrogens is 247 g/mol. The number of nitrogens with two attached hydrogens (primary N) is 1. The van der Waals surface area contributed by atoms with Crippen molar-refractivity contribution in [3.8, 4) is 5.75 Å². The molecule has 0 aliphatic carbocycles. The number of amides is 1. The number of hydrogen-bond donors (Lipinski definition) is 2. The number of primary amides is 1. The summed E-state index contributed by atoms with van der Waals surface area (Å²) in [7, 11) is 0. The molecule has 0 fully saturated rings. The molecule has 0 spiro atoms. The van der Waals surface area contributed by atoms with Crippen LogP contribution in [0.1, 0.15) is 25.8 Å². The second-order valence-electron chi connectivity index (χ2n) is 5.60. The van der Waals surface area contributed by atoms with Gasteiger partial charge in [-0.1, -0.05) is 0 Å². The predicted octanol–water partition coefficient (Wildman–Crippen LogP) is 1.37. The van der Waals surface area contributed by atoms with Gasteiger partial charge < -0.3 is 15.8 Å². The minimum Gasteiger partial charge on any atom is -0.488 e. The first-order valence-electron chi connectivity index (χ1n) is 6.34. The highest BCUT2D eigenvalue weighted by Gasteiger charge is 2.26. The fourth-order valence-corrected chi connectivity index (χ4v) is 2.29. The Morgan fingerprint density at radius 2 is 2.32 bits per heavy atom. The minimum absolute atomic E-state index is 0.0380. The van der Waals surface area contributed by atoms with Crippen molar-refractivity contribution in [1.29, 1.82) is 0 Å². The highest BCUT2D eigenvalue weighted by Crippen LogP contribution is 2.29. The molecule has 1 amide bonds. The van der Waals surface area contributed by atoms with Gasteiger partial charge in [-0.05, 0) is 32.0 Å². The maximum absolute atomic E-state index is 13.1. The van der Waals surface area contributed by atoms with Crippen LogP contribution >= 0.6 is 0 Å². The van der Waals surface area contributed by atoms with Gasteiger partial charge in [-0.3, -0.25) is 4.79 Å². The van der Waals surface area contributed by atoms with Crippen LogP contribution in [0, 0.1) is 5.82 Å². The van der Waals surface area contributed by atoms with E-state index in [1.165, 1.54) is 12.1 Å². The van der Waals surface area contributed by atoms with Gasteiger partial charge in [0.05, 0.1) is 0 Å². The molecule has 1 aliphatic rings. The molecule has 0 saturated heterocycles. The van der Waals surface area contributed by atoms with E-state index in [2.05, 4.69) is 5.32 Å². The molecule has 5 heteroatoms. The third-order valence-corrected chi connectivity index (χ3v) is 3.19. The average molecular weight is 266 g/mol. The fourth-order valence-electron chi connectivity index (χ4n) is 2.29. The lowest BCUT2D eigenvalue weighted by Gasteiger charge is -2.26. The second-order valence-corrected chi connectivity index (χ2v) is 5.60. The number of halogens is 1. The minimum atomic E-state index is -0.366. The van der Waals surface area contributed by atoms with E-state index in [9.17, 15) is 9.18 Å². The van der Waals surface area contributed by atoms with Crippen LogP contribution in [0.5, 0.6) is 5.75 Å². The second kappa shape index (κ2) is 5.17.